The molecule has 0 N–H and O–H groups in total. The molecule has 0 radical (unpaired) electrons. The van der Waals surface area contributed by atoms with Crippen molar-refractivity contribution in [1.29, 1.82) is 0 Å². The van der Waals surface area contributed by atoms with Crippen LogP contribution in [-0.2, 0) is 9.59 Å². The van der Waals surface area contributed by atoms with E-state index in [9.17, 15) is 9.59 Å². The highest BCUT2D eigenvalue weighted by atomic mass is 16.2. The van der Waals surface area contributed by atoms with E-state index in [0.717, 1.165) is 77.4 Å². The lowest BCUT2D eigenvalue weighted by molar-refractivity contribution is -0.131. The zero-order valence-corrected chi connectivity index (χ0v) is 17.2. The van der Waals surface area contributed by atoms with Gasteiger partial charge in [-0.2, -0.15) is 0 Å². The minimum atomic E-state index is 0.143. The first-order valence-electron chi connectivity index (χ1n) is 11.0. The summed E-state index contributed by atoms with van der Waals surface area (Å²) < 4.78 is 0. The molecule has 0 aromatic rings. The second-order valence-corrected chi connectivity index (χ2v) is 9.39. The Bertz CT molecular complexity index is 571. The van der Waals surface area contributed by atoms with E-state index in [1.165, 1.54) is 12.8 Å². The maximum absolute atomic E-state index is 12.6. The average Bonchev–Trinajstić information content (AvgIpc) is 3.50. The lowest BCUT2D eigenvalue weighted by Gasteiger charge is -2.52. The first-order chi connectivity index (χ1) is 13.0. The number of nitrogens with zero attached hydrogens (tertiary/aromatic N) is 4. The molecule has 3 aliphatic heterocycles. The smallest absolute Gasteiger partial charge is 0.222 e. The van der Waals surface area contributed by atoms with Crippen LogP contribution in [-0.4, -0.2) is 95.9 Å². The van der Waals surface area contributed by atoms with Crippen molar-refractivity contribution in [2.75, 3.05) is 52.9 Å². The SMILES string of the molecule is CC(=O)N1CCC(N2CCN(C)C3(CCC(=O)N(CC4CC4)CC3)C2)CC1. The summed E-state index contributed by atoms with van der Waals surface area (Å²) in [4.78, 5) is 33.6. The molecule has 1 atom stereocenters. The molecular weight excluding hydrogens is 340 g/mol. The van der Waals surface area contributed by atoms with E-state index in [-0.39, 0.29) is 11.4 Å². The van der Waals surface area contributed by atoms with E-state index in [4.69, 9.17) is 0 Å². The van der Waals surface area contributed by atoms with Crippen LogP contribution in [0.4, 0.5) is 0 Å². The predicted octanol–water partition coefficient (Wildman–Crippen LogP) is 1.41. The Kier molecular flexibility index (Phi) is 5.48. The van der Waals surface area contributed by atoms with Gasteiger partial charge in [0.15, 0.2) is 0 Å². The van der Waals surface area contributed by atoms with E-state index >= 15 is 0 Å². The zero-order valence-electron chi connectivity index (χ0n) is 17.2. The molecule has 2 amide bonds. The molecule has 1 spiro atoms. The fraction of sp³-hybridized carbons (Fsp3) is 0.905. The largest absolute Gasteiger partial charge is 0.343 e. The highest BCUT2D eigenvalue weighted by Gasteiger charge is 2.44. The molecule has 0 bridgehead atoms. The van der Waals surface area contributed by atoms with E-state index in [2.05, 4.69) is 21.7 Å². The molecule has 0 aromatic heterocycles. The second kappa shape index (κ2) is 7.70. The molecule has 3 saturated heterocycles. The van der Waals surface area contributed by atoms with Crippen molar-refractivity contribution in [2.45, 2.75) is 63.5 Å². The number of hydrogen-bond donors (Lipinski definition) is 0. The van der Waals surface area contributed by atoms with E-state index in [0.29, 0.717) is 18.4 Å². The molecule has 0 aromatic carbocycles. The number of amides is 2. The molecule has 6 nitrogen and oxygen atoms in total. The van der Waals surface area contributed by atoms with Crippen LogP contribution >= 0.6 is 0 Å². The van der Waals surface area contributed by atoms with Gasteiger partial charge in [0.1, 0.15) is 0 Å². The van der Waals surface area contributed by atoms with Crippen LogP contribution in [0.2, 0.25) is 0 Å². The van der Waals surface area contributed by atoms with Crippen LogP contribution in [0.15, 0.2) is 0 Å². The number of carbonyl (C=O) groups is 2. The Balaban J connectivity index is 1.39. The number of piperazine rings is 1. The van der Waals surface area contributed by atoms with Gasteiger partial charge in [-0.1, -0.05) is 0 Å². The van der Waals surface area contributed by atoms with Crippen molar-refractivity contribution in [2.24, 2.45) is 5.92 Å². The van der Waals surface area contributed by atoms with Crippen LogP contribution in [0.25, 0.3) is 0 Å². The van der Waals surface area contributed by atoms with Gasteiger partial charge >= 0.3 is 0 Å². The maximum Gasteiger partial charge on any atom is 0.222 e. The summed E-state index contributed by atoms with van der Waals surface area (Å²) in [6, 6.07) is 0.590. The fourth-order valence-electron chi connectivity index (χ4n) is 5.39. The highest BCUT2D eigenvalue weighted by molar-refractivity contribution is 5.76. The Hall–Kier alpha value is -1.14. The first kappa shape index (κ1) is 19.2. The minimum Gasteiger partial charge on any atom is -0.343 e. The van der Waals surface area contributed by atoms with Crippen molar-refractivity contribution >= 4 is 11.8 Å². The summed E-state index contributed by atoms with van der Waals surface area (Å²) in [7, 11) is 2.26. The van der Waals surface area contributed by atoms with Crippen molar-refractivity contribution < 1.29 is 9.59 Å². The van der Waals surface area contributed by atoms with Gasteiger partial charge in [-0.15, -0.1) is 0 Å². The molecule has 152 valence electrons. The minimum absolute atomic E-state index is 0.143. The zero-order chi connectivity index (χ0) is 19.0. The van der Waals surface area contributed by atoms with Crippen LogP contribution in [0.3, 0.4) is 0 Å². The topological polar surface area (TPSA) is 47.1 Å². The Morgan fingerprint density at radius 2 is 1.78 bits per heavy atom. The lowest BCUT2D eigenvalue weighted by atomic mass is 9.85. The summed E-state index contributed by atoms with van der Waals surface area (Å²) >= 11 is 0. The van der Waals surface area contributed by atoms with Crippen LogP contribution in [0, 0.1) is 5.92 Å². The molecule has 3 heterocycles. The Morgan fingerprint density at radius 3 is 2.44 bits per heavy atom. The number of likely N-dealkylation sites (tertiary alicyclic amines) is 2. The lowest BCUT2D eigenvalue weighted by Crippen LogP contribution is -2.63. The summed E-state index contributed by atoms with van der Waals surface area (Å²) in [5, 5.41) is 0. The molecular formula is C21H36N4O2. The summed E-state index contributed by atoms with van der Waals surface area (Å²) in [6.45, 7) is 8.68. The molecule has 6 heteroatoms. The summed E-state index contributed by atoms with van der Waals surface area (Å²) in [5.41, 5.74) is 0.143. The number of rotatable bonds is 3. The van der Waals surface area contributed by atoms with Crippen LogP contribution in [0.5, 0.6) is 0 Å². The van der Waals surface area contributed by atoms with Gasteiger partial charge in [-0.05, 0) is 51.5 Å². The first-order valence-corrected chi connectivity index (χ1v) is 11.0. The van der Waals surface area contributed by atoms with E-state index < -0.39 is 0 Å². The number of carbonyl (C=O) groups excluding carboxylic acids is 2. The van der Waals surface area contributed by atoms with Gasteiger partial charge in [-0.3, -0.25) is 19.4 Å². The van der Waals surface area contributed by atoms with Gasteiger partial charge in [0.05, 0.1) is 0 Å². The molecule has 4 fully saturated rings. The van der Waals surface area contributed by atoms with Gasteiger partial charge in [0.2, 0.25) is 11.8 Å². The van der Waals surface area contributed by atoms with Gasteiger partial charge < -0.3 is 9.80 Å². The predicted molar refractivity (Wildman–Crippen MR) is 105 cm³/mol. The standard InChI is InChI=1S/C21H36N4O2/c1-17(26)23-10-6-19(7-11-23)25-14-13-22(2)21(16-25)8-5-20(27)24(12-9-21)15-18-3-4-18/h18-19H,3-16H2,1-2H3. The molecule has 4 aliphatic rings. The third kappa shape index (κ3) is 4.16. The van der Waals surface area contributed by atoms with Crippen LogP contribution in [0.1, 0.15) is 51.9 Å². The van der Waals surface area contributed by atoms with Crippen molar-refractivity contribution in [3.8, 4) is 0 Å². The van der Waals surface area contributed by atoms with Crippen LogP contribution < -0.4 is 0 Å². The number of piperidine rings is 1. The fourth-order valence-corrected chi connectivity index (χ4v) is 5.39. The third-order valence-electron chi connectivity index (χ3n) is 7.64. The molecule has 1 unspecified atom stereocenters. The van der Waals surface area contributed by atoms with Crippen molar-refractivity contribution in [1.82, 2.24) is 19.6 Å². The number of likely N-dealkylation sites (N-methyl/N-ethyl adjacent to an activating group) is 1. The Labute approximate surface area is 163 Å². The van der Waals surface area contributed by atoms with Gasteiger partial charge in [0, 0.05) is 70.7 Å². The second-order valence-electron chi connectivity index (χ2n) is 9.39. The monoisotopic (exact) mass is 376 g/mol. The van der Waals surface area contributed by atoms with Crippen molar-refractivity contribution in [3.05, 3.63) is 0 Å². The van der Waals surface area contributed by atoms with Gasteiger partial charge in [0.25, 0.3) is 0 Å². The van der Waals surface area contributed by atoms with E-state index in [1.807, 2.05) is 4.90 Å². The summed E-state index contributed by atoms with van der Waals surface area (Å²) in [5.74, 6) is 1.36. The third-order valence-corrected chi connectivity index (χ3v) is 7.64. The Morgan fingerprint density at radius 1 is 1.04 bits per heavy atom. The molecule has 1 saturated carbocycles. The maximum atomic E-state index is 12.6. The average molecular weight is 377 g/mol. The van der Waals surface area contributed by atoms with Gasteiger partial charge in [-0.25, -0.2) is 0 Å². The highest BCUT2D eigenvalue weighted by Crippen LogP contribution is 2.36. The quantitative estimate of drug-likeness (QED) is 0.747. The van der Waals surface area contributed by atoms with Crippen molar-refractivity contribution in [3.63, 3.8) is 0 Å². The molecule has 27 heavy (non-hydrogen) atoms. The molecule has 1 aliphatic carbocycles. The summed E-state index contributed by atoms with van der Waals surface area (Å²) in [6.07, 6.45) is 7.59. The van der Waals surface area contributed by atoms with E-state index in [1.54, 1.807) is 6.92 Å². The molecule has 4 rings (SSSR count). The number of hydrogen-bond acceptors (Lipinski definition) is 4. The normalized spacial score (nSPS) is 32.1.